The number of rotatable bonds is 14. The number of nitrogens with one attached hydrogen (secondary N) is 3. The van der Waals surface area contributed by atoms with E-state index < -0.39 is 83.7 Å². The molecule has 0 spiro atoms. The maximum absolute atomic E-state index is 14.9. The lowest BCUT2D eigenvalue weighted by atomic mass is 10.0. The molecule has 4 N–H and O–H groups in total. The van der Waals surface area contributed by atoms with Crippen LogP contribution in [-0.2, 0) is 42.4 Å². The highest BCUT2D eigenvalue weighted by Gasteiger charge is 2.44. The smallest absolute Gasteiger partial charge is 0.416 e. The molecule has 0 unspecified atom stereocenters. The summed E-state index contributed by atoms with van der Waals surface area (Å²) in [7, 11) is 1.29. The van der Waals surface area contributed by atoms with Gasteiger partial charge in [-0.15, -0.1) is 0 Å². The highest BCUT2D eigenvalue weighted by Crippen LogP contribution is 2.41. The second-order valence-electron chi connectivity index (χ2n) is 15.7. The van der Waals surface area contributed by atoms with Crippen LogP contribution in [0.3, 0.4) is 0 Å². The minimum atomic E-state index is -4.54. The fourth-order valence-electron chi connectivity index (χ4n) is 7.47. The minimum absolute atomic E-state index is 0.0424. The molecule has 5 aromatic rings. The number of nitrogens with zero attached hydrogens (tertiary/aromatic N) is 5. The van der Waals surface area contributed by atoms with E-state index in [9.17, 15) is 49.9 Å². The molecule has 2 aliphatic heterocycles. The third-order valence-electron chi connectivity index (χ3n) is 11.2. The Balaban J connectivity index is 0.000000229. The van der Waals surface area contributed by atoms with Crippen molar-refractivity contribution in [3.8, 4) is 0 Å². The number of hydrogen-bond acceptors (Lipinski definition) is 9. The summed E-state index contributed by atoms with van der Waals surface area (Å²) in [5.74, 6) is -9.21. The number of anilines is 2. The summed E-state index contributed by atoms with van der Waals surface area (Å²) >= 11 is 0. The molecule has 14 nitrogen and oxygen atoms in total. The number of halogens is 7. The summed E-state index contributed by atoms with van der Waals surface area (Å²) in [5, 5.41) is 25.5. The Labute approximate surface area is 374 Å². The van der Waals surface area contributed by atoms with E-state index in [4.69, 9.17) is 5.11 Å². The molecular formula is C45H47F7N8O6. The van der Waals surface area contributed by atoms with E-state index >= 15 is 0 Å². The number of hydrogen-bond donors (Lipinski definition) is 4. The van der Waals surface area contributed by atoms with E-state index in [-0.39, 0.29) is 42.1 Å². The number of carboxylic acids is 1. The molecule has 0 saturated carbocycles. The average molecular weight is 929 g/mol. The number of methoxy groups -OCH3 is 1. The first-order chi connectivity index (χ1) is 31.1. The van der Waals surface area contributed by atoms with Gasteiger partial charge in [-0.25, -0.2) is 19.0 Å². The molecule has 7 rings (SSSR count). The quantitative estimate of drug-likeness (QED) is 0.0624. The van der Waals surface area contributed by atoms with E-state index in [0.717, 1.165) is 17.7 Å². The lowest BCUT2D eigenvalue weighted by Gasteiger charge is -2.22. The van der Waals surface area contributed by atoms with Crippen LogP contribution < -0.4 is 20.9 Å². The monoisotopic (exact) mass is 928 g/mol. The standard InChI is InChI=1S/C26H25F5N4O3.C19H22F2N4O3/c1-3-25(27,28)21-20(22(36)32-15(2)17-7-9-18(10-8-17)24(37)38)23-34(11-12-35(23)33-21)14-16-5-4-6-19(13-16)26(29,30)31;1-4-19(20,21)15-14(16-22-9-10-25(16)24-15)17(26)23-11(2)12-5-7-13(8-6-12)18(27)28-3/h4-10,13,15H,3,11-12,14H2,1-2H3,(H,32,36)(H,37,38);5-8,11,22H,4,9-10H2,1-3H3,(H,23,26)/t15-;11-/m00/s1. The zero-order valence-electron chi connectivity index (χ0n) is 36.4. The molecular weight excluding hydrogens is 882 g/mol. The largest absolute Gasteiger partial charge is 0.478 e. The number of alkyl halides is 7. The first-order valence-corrected chi connectivity index (χ1v) is 20.9. The van der Waals surface area contributed by atoms with E-state index in [1.54, 1.807) is 43.0 Å². The number of carbonyl (C=O) groups is 4. The first-order valence-electron chi connectivity index (χ1n) is 20.9. The summed E-state index contributed by atoms with van der Waals surface area (Å²) in [4.78, 5) is 50.5. The van der Waals surface area contributed by atoms with Crippen LogP contribution >= 0.6 is 0 Å². The summed E-state index contributed by atoms with van der Waals surface area (Å²) in [5.41, 5.74) is -0.489. The van der Waals surface area contributed by atoms with E-state index in [2.05, 4.69) is 30.9 Å². The minimum Gasteiger partial charge on any atom is -0.478 e. The van der Waals surface area contributed by atoms with Crippen molar-refractivity contribution >= 4 is 35.4 Å². The van der Waals surface area contributed by atoms with Gasteiger partial charge >= 0.3 is 18.1 Å². The second kappa shape index (κ2) is 19.3. The molecule has 0 saturated heterocycles. The van der Waals surface area contributed by atoms with Crippen LogP contribution in [0.25, 0.3) is 0 Å². The molecule has 21 heteroatoms. The van der Waals surface area contributed by atoms with Crippen LogP contribution in [0.15, 0.2) is 72.8 Å². The molecule has 66 heavy (non-hydrogen) atoms. The van der Waals surface area contributed by atoms with Gasteiger partial charge in [-0.2, -0.15) is 40.9 Å². The Morgan fingerprint density at radius 1 is 0.742 bits per heavy atom. The van der Waals surface area contributed by atoms with Crippen LogP contribution in [-0.4, -0.2) is 68.6 Å². The van der Waals surface area contributed by atoms with Gasteiger partial charge in [-0.05, 0) is 66.9 Å². The maximum atomic E-state index is 14.9. The van der Waals surface area contributed by atoms with E-state index in [1.807, 2.05) is 0 Å². The van der Waals surface area contributed by atoms with Gasteiger partial charge in [0.2, 0.25) is 0 Å². The zero-order valence-corrected chi connectivity index (χ0v) is 36.4. The second-order valence-corrected chi connectivity index (χ2v) is 15.7. The van der Waals surface area contributed by atoms with Crippen molar-refractivity contribution in [3.63, 3.8) is 0 Å². The maximum Gasteiger partial charge on any atom is 0.416 e. The van der Waals surface area contributed by atoms with Crippen molar-refractivity contribution in [1.29, 1.82) is 0 Å². The number of ether oxygens (including phenoxy) is 1. The Morgan fingerprint density at radius 3 is 1.80 bits per heavy atom. The topological polar surface area (TPSA) is 173 Å². The van der Waals surface area contributed by atoms with Gasteiger partial charge < -0.3 is 30.7 Å². The molecule has 0 aliphatic carbocycles. The van der Waals surface area contributed by atoms with Crippen LogP contribution in [0.4, 0.5) is 42.4 Å². The van der Waals surface area contributed by atoms with Gasteiger partial charge in [0.25, 0.3) is 23.7 Å². The van der Waals surface area contributed by atoms with Crippen molar-refractivity contribution in [1.82, 2.24) is 30.2 Å². The average Bonchev–Trinajstić information content (AvgIpc) is 4.09. The number of aromatic nitrogens is 4. The molecule has 0 radical (unpaired) electrons. The fraction of sp³-hybridized carbons (Fsp3) is 0.378. The van der Waals surface area contributed by atoms with E-state index in [1.165, 1.54) is 66.7 Å². The van der Waals surface area contributed by atoms with Crippen molar-refractivity contribution in [2.45, 2.75) is 90.3 Å². The summed E-state index contributed by atoms with van der Waals surface area (Å²) in [6.45, 7) is 7.34. The Morgan fingerprint density at radius 2 is 1.27 bits per heavy atom. The fourth-order valence-corrected chi connectivity index (χ4v) is 7.47. The van der Waals surface area contributed by atoms with Gasteiger partial charge in [0.15, 0.2) is 0 Å². The number of carboxylic acid groups (broad SMARTS) is 1. The highest BCUT2D eigenvalue weighted by molar-refractivity contribution is 6.02. The number of esters is 1. The molecule has 0 fully saturated rings. The summed E-state index contributed by atoms with van der Waals surface area (Å²) in [6, 6.07) is 15.9. The Hall–Kier alpha value is -6.93. The van der Waals surface area contributed by atoms with Crippen molar-refractivity contribution in [3.05, 3.63) is 129 Å². The van der Waals surface area contributed by atoms with Crippen LogP contribution in [0.1, 0.15) is 128 Å². The van der Waals surface area contributed by atoms with Gasteiger partial charge in [0, 0.05) is 32.5 Å². The predicted octanol–water partition coefficient (Wildman–Crippen LogP) is 8.70. The van der Waals surface area contributed by atoms with Gasteiger partial charge in [-0.1, -0.05) is 50.2 Å². The Bertz CT molecular complexity index is 2590. The molecule has 2 amide bonds. The van der Waals surface area contributed by atoms with Crippen LogP contribution in [0, 0.1) is 0 Å². The molecule has 2 aromatic heterocycles. The van der Waals surface area contributed by atoms with Gasteiger partial charge in [0.1, 0.15) is 34.2 Å². The summed E-state index contributed by atoms with van der Waals surface area (Å²) < 4.78 is 105. The molecule has 352 valence electrons. The molecule has 2 aliphatic rings. The first kappa shape index (κ1) is 48.5. The van der Waals surface area contributed by atoms with Crippen LogP contribution in [0.2, 0.25) is 0 Å². The predicted molar refractivity (Wildman–Crippen MR) is 227 cm³/mol. The Kier molecular flexibility index (Phi) is 14.2. The number of carbonyl (C=O) groups excluding carboxylic acids is 3. The zero-order chi connectivity index (χ0) is 48.3. The van der Waals surface area contributed by atoms with E-state index in [0.29, 0.717) is 35.6 Å². The lowest BCUT2D eigenvalue weighted by Crippen LogP contribution is -2.31. The number of amides is 2. The van der Waals surface area contributed by atoms with Crippen molar-refractivity contribution in [2.75, 3.05) is 30.4 Å². The van der Waals surface area contributed by atoms with Crippen molar-refractivity contribution < 1.29 is 59.8 Å². The third-order valence-corrected chi connectivity index (χ3v) is 11.2. The molecule has 4 heterocycles. The summed E-state index contributed by atoms with van der Waals surface area (Å²) in [6.07, 6.45) is -5.60. The normalized spacial score (nSPS) is 14.3. The number of fused-ring (bicyclic) bond motifs is 2. The lowest BCUT2D eigenvalue weighted by molar-refractivity contribution is -0.137. The number of benzene rings is 3. The third kappa shape index (κ3) is 10.3. The highest BCUT2D eigenvalue weighted by atomic mass is 19.4. The molecule has 3 aromatic carbocycles. The number of aromatic carboxylic acids is 1. The van der Waals surface area contributed by atoms with Crippen molar-refractivity contribution in [2.24, 2.45) is 0 Å². The molecule has 2 atom stereocenters. The van der Waals surface area contributed by atoms with Gasteiger partial charge in [-0.3, -0.25) is 9.59 Å². The van der Waals surface area contributed by atoms with Crippen LogP contribution in [0.5, 0.6) is 0 Å². The SMILES string of the molecule is CCC(F)(F)c1nn2c(c1C(=O)N[C@@H](C)c1ccc(C(=O)O)cc1)N(Cc1cccc(C(F)(F)F)c1)CC2.CCC(F)(F)c1nn2c(c1C(=O)N[C@@H](C)c1ccc(C(=O)OC)cc1)NCC2. The van der Waals surface area contributed by atoms with Gasteiger partial charge in [0.05, 0.1) is 49.0 Å². The molecule has 0 bridgehead atoms.